The molecule has 1 unspecified atom stereocenters. The summed E-state index contributed by atoms with van der Waals surface area (Å²) < 4.78 is 7.11. The smallest absolute Gasteiger partial charge is 0.413 e. The number of fused-ring (bicyclic) bond motifs is 1. The Morgan fingerprint density at radius 1 is 1.24 bits per heavy atom. The van der Waals surface area contributed by atoms with Crippen LogP contribution in [0.4, 0.5) is 10.6 Å². The van der Waals surface area contributed by atoms with Gasteiger partial charge in [-0.05, 0) is 33.6 Å². The Morgan fingerprint density at radius 2 is 1.92 bits per heavy atom. The predicted molar refractivity (Wildman–Crippen MR) is 94.4 cm³/mol. The lowest BCUT2D eigenvalue weighted by atomic mass is 9.99. The lowest BCUT2D eigenvalue weighted by Crippen LogP contribution is -2.27. The SMILES string of the molecule is CC(=O)CC(C(C)C)n1cnc2c(NC(=O)OC(C)(C)C)ncnc21. The van der Waals surface area contributed by atoms with E-state index in [0.717, 1.165) is 0 Å². The van der Waals surface area contributed by atoms with Crippen LogP contribution in [-0.2, 0) is 9.53 Å². The van der Waals surface area contributed by atoms with Crippen LogP contribution < -0.4 is 5.32 Å². The Bertz CT molecular complexity index is 776. The Morgan fingerprint density at radius 3 is 2.48 bits per heavy atom. The minimum absolute atomic E-state index is 0.0632. The zero-order valence-electron chi connectivity index (χ0n) is 15.5. The van der Waals surface area contributed by atoms with Crippen molar-refractivity contribution in [3.05, 3.63) is 12.7 Å². The van der Waals surface area contributed by atoms with Crippen LogP contribution >= 0.6 is 0 Å². The molecule has 0 aliphatic rings. The number of nitrogens with zero attached hydrogens (tertiary/aromatic N) is 4. The van der Waals surface area contributed by atoms with Gasteiger partial charge < -0.3 is 9.30 Å². The van der Waals surface area contributed by atoms with Gasteiger partial charge in [0.25, 0.3) is 0 Å². The third-order valence-electron chi connectivity index (χ3n) is 3.60. The van der Waals surface area contributed by atoms with Crippen molar-refractivity contribution in [3.8, 4) is 0 Å². The summed E-state index contributed by atoms with van der Waals surface area (Å²) in [7, 11) is 0. The maximum Gasteiger partial charge on any atom is 0.413 e. The highest BCUT2D eigenvalue weighted by atomic mass is 16.6. The van der Waals surface area contributed by atoms with Gasteiger partial charge in [0.15, 0.2) is 17.0 Å². The Kier molecular flexibility index (Phi) is 5.39. The molecule has 0 aliphatic heterocycles. The van der Waals surface area contributed by atoms with Crippen molar-refractivity contribution in [1.29, 1.82) is 0 Å². The van der Waals surface area contributed by atoms with Gasteiger partial charge in [-0.25, -0.2) is 19.7 Å². The van der Waals surface area contributed by atoms with E-state index in [1.165, 1.54) is 6.33 Å². The molecule has 0 saturated heterocycles. The van der Waals surface area contributed by atoms with Crippen LogP contribution in [0.25, 0.3) is 11.2 Å². The summed E-state index contributed by atoms with van der Waals surface area (Å²) in [6, 6.07) is -0.0632. The van der Waals surface area contributed by atoms with E-state index in [2.05, 4.69) is 20.3 Å². The molecule has 8 nitrogen and oxygen atoms in total. The molecule has 8 heteroatoms. The van der Waals surface area contributed by atoms with Crippen molar-refractivity contribution < 1.29 is 14.3 Å². The molecule has 1 atom stereocenters. The number of nitrogens with one attached hydrogen (secondary N) is 1. The van der Waals surface area contributed by atoms with Crippen LogP contribution in [0.5, 0.6) is 0 Å². The minimum atomic E-state index is -0.611. The lowest BCUT2D eigenvalue weighted by molar-refractivity contribution is -0.118. The monoisotopic (exact) mass is 347 g/mol. The second-order valence-corrected chi connectivity index (χ2v) is 7.39. The molecule has 2 heterocycles. The van der Waals surface area contributed by atoms with Gasteiger partial charge in [0.1, 0.15) is 17.7 Å². The average molecular weight is 347 g/mol. The highest BCUT2D eigenvalue weighted by Crippen LogP contribution is 2.27. The van der Waals surface area contributed by atoms with Gasteiger partial charge >= 0.3 is 6.09 Å². The quantitative estimate of drug-likeness (QED) is 0.890. The molecule has 0 fully saturated rings. The van der Waals surface area contributed by atoms with Gasteiger partial charge in [-0.3, -0.25) is 10.1 Å². The Labute approximate surface area is 147 Å². The molecule has 2 aromatic heterocycles. The molecule has 2 aromatic rings. The molecule has 0 spiro atoms. The van der Waals surface area contributed by atoms with Crippen molar-refractivity contribution in [2.75, 3.05) is 5.32 Å². The van der Waals surface area contributed by atoms with Crippen LogP contribution in [0.3, 0.4) is 0 Å². The maximum atomic E-state index is 12.0. The van der Waals surface area contributed by atoms with E-state index < -0.39 is 11.7 Å². The standard InChI is InChI=1S/C17H25N5O3/c1-10(2)12(7-11(3)23)22-9-20-13-14(18-8-19-15(13)22)21-16(24)25-17(4,5)6/h8-10,12H,7H2,1-6H3,(H,18,19,21,24). The second kappa shape index (κ2) is 7.16. The summed E-state index contributed by atoms with van der Waals surface area (Å²) in [4.78, 5) is 36.3. The van der Waals surface area contributed by atoms with E-state index in [4.69, 9.17) is 4.74 Å². The first kappa shape index (κ1) is 18.8. The van der Waals surface area contributed by atoms with Crippen LogP contribution in [0.2, 0.25) is 0 Å². The van der Waals surface area contributed by atoms with E-state index in [9.17, 15) is 9.59 Å². The lowest BCUT2D eigenvalue weighted by Gasteiger charge is -2.21. The first-order chi connectivity index (χ1) is 11.6. The number of carbonyl (C=O) groups is 2. The Hall–Kier alpha value is -2.51. The molecule has 0 saturated carbocycles. The van der Waals surface area contributed by atoms with Crippen LogP contribution in [0.1, 0.15) is 54.0 Å². The summed E-state index contributed by atoms with van der Waals surface area (Å²) in [5.41, 5.74) is 0.420. The molecule has 0 bridgehead atoms. The highest BCUT2D eigenvalue weighted by molar-refractivity contribution is 5.93. The van der Waals surface area contributed by atoms with Crippen molar-refractivity contribution >= 4 is 28.9 Å². The maximum absolute atomic E-state index is 12.0. The van der Waals surface area contributed by atoms with Crippen LogP contribution in [0.15, 0.2) is 12.7 Å². The summed E-state index contributed by atoms with van der Waals surface area (Å²) >= 11 is 0. The largest absolute Gasteiger partial charge is 0.444 e. The van der Waals surface area contributed by atoms with Gasteiger partial charge in [-0.1, -0.05) is 13.8 Å². The van der Waals surface area contributed by atoms with Crippen LogP contribution in [0, 0.1) is 5.92 Å². The molecule has 136 valence electrons. The van der Waals surface area contributed by atoms with Crippen LogP contribution in [-0.4, -0.2) is 37.0 Å². The third kappa shape index (κ3) is 4.74. The number of ether oxygens (including phenoxy) is 1. The number of hydrogen-bond donors (Lipinski definition) is 1. The number of rotatable bonds is 5. The molecule has 0 aliphatic carbocycles. The number of carbonyl (C=O) groups excluding carboxylic acids is 2. The summed E-state index contributed by atoms with van der Waals surface area (Å²) in [6.45, 7) is 11.0. The third-order valence-corrected chi connectivity index (χ3v) is 3.60. The van der Waals surface area contributed by atoms with Crippen molar-refractivity contribution in [2.45, 2.75) is 59.6 Å². The number of hydrogen-bond acceptors (Lipinski definition) is 6. The molecule has 1 N–H and O–H groups in total. The van der Waals surface area contributed by atoms with Gasteiger partial charge in [-0.15, -0.1) is 0 Å². The molecular weight excluding hydrogens is 322 g/mol. The van der Waals surface area contributed by atoms with Crippen molar-refractivity contribution in [2.24, 2.45) is 5.92 Å². The Balaban J connectivity index is 2.36. The topological polar surface area (TPSA) is 99.0 Å². The fraction of sp³-hybridized carbons (Fsp3) is 0.588. The van der Waals surface area contributed by atoms with E-state index in [1.807, 2.05) is 18.4 Å². The average Bonchev–Trinajstić information content (AvgIpc) is 2.87. The second-order valence-electron chi connectivity index (χ2n) is 7.39. The fourth-order valence-electron chi connectivity index (χ4n) is 2.54. The molecular formula is C17H25N5O3. The molecule has 2 rings (SSSR count). The highest BCUT2D eigenvalue weighted by Gasteiger charge is 2.23. The zero-order chi connectivity index (χ0) is 18.8. The van der Waals surface area contributed by atoms with E-state index in [1.54, 1.807) is 34.0 Å². The number of Topliss-reactive ketones (excluding diaryl/α,β-unsaturated/α-hetero) is 1. The zero-order valence-corrected chi connectivity index (χ0v) is 15.5. The van der Waals surface area contributed by atoms with E-state index in [0.29, 0.717) is 17.6 Å². The van der Waals surface area contributed by atoms with Gasteiger partial charge in [0, 0.05) is 12.5 Å². The van der Waals surface area contributed by atoms with Gasteiger partial charge in [-0.2, -0.15) is 0 Å². The summed E-state index contributed by atoms with van der Waals surface area (Å²) in [5.74, 6) is 0.601. The summed E-state index contributed by atoms with van der Waals surface area (Å²) in [6.07, 6.45) is 2.78. The first-order valence-corrected chi connectivity index (χ1v) is 8.25. The summed E-state index contributed by atoms with van der Waals surface area (Å²) in [5, 5.41) is 2.61. The number of amides is 1. The van der Waals surface area contributed by atoms with E-state index >= 15 is 0 Å². The molecule has 1 amide bonds. The first-order valence-electron chi connectivity index (χ1n) is 8.25. The van der Waals surface area contributed by atoms with Crippen molar-refractivity contribution in [3.63, 3.8) is 0 Å². The van der Waals surface area contributed by atoms with Gasteiger partial charge in [0.2, 0.25) is 0 Å². The number of imidazole rings is 1. The minimum Gasteiger partial charge on any atom is -0.444 e. The number of ketones is 1. The molecule has 0 aromatic carbocycles. The van der Waals surface area contributed by atoms with Gasteiger partial charge in [0.05, 0.1) is 6.33 Å². The molecule has 0 radical (unpaired) electrons. The normalized spacial score (nSPS) is 13.1. The fourth-order valence-corrected chi connectivity index (χ4v) is 2.54. The van der Waals surface area contributed by atoms with Crippen molar-refractivity contribution in [1.82, 2.24) is 19.5 Å². The molecule has 25 heavy (non-hydrogen) atoms. The van der Waals surface area contributed by atoms with E-state index in [-0.39, 0.29) is 23.6 Å². The predicted octanol–water partition coefficient (Wildman–Crippen LogP) is 3.35. The number of aromatic nitrogens is 4. The number of anilines is 1.